The van der Waals surface area contributed by atoms with Gasteiger partial charge in [-0.3, -0.25) is 13.9 Å². The van der Waals surface area contributed by atoms with Gasteiger partial charge in [0, 0.05) is 17.6 Å². The van der Waals surface area contributed by atoms with Gasteiger partial charge in [-0.2, -0.15) is 0 Å². The molecule has 2 aromatic rings. The number of halogens is 1. The molecule has 0 bridgehead atoms. The van der Waals surface area contributed by atoms with E-state index < -0.39 is 28.5 Å². The molecule has 7 nitrogen and oxygen atoms in total. The Kier molecular flexibility index (Phi) is 9.94. The maximum Gasteiger partial charge on any atom is 0.244 e. The fraction of sp³-hybridized carbons (Fsp3) is 0.440. The SMILES string of the molecule is CCC(C)NC(=O)C(CC)N(Cc1ccc(Cl)cc1)C(=O)CN(c1ccccc1C)S(C)(=O)=O. The summed E-state index contributed by atoms with van der Waals surface area (Å²) in [6.45, 7) is 7.23. The highest BCUT2D eigenvalue weighted by Crippen LogP contribution is 2.23. The standard InChI is InChI=1S/C25H34ClN3O4S/c1-6-19(4)27-25(31)22(7-2)28(16-20-12-14-21(26)15-13-20)24(30)17-29(34(5,32)33)23-11-9-8-10-18(23)3/h8-15,19,22H,6-7,16-17H2,1-5H3,(H,27,31). The highest BCUT2D eigenvalue weighted by molar-refractivity contribution is 7.92. The van der Waals surface area contributed by atoms with E-state index in [4.69, 9.17) is 11.6 Å². The van der Waals surface area contributed by atoms with Gasteiger partial charge < -0.3 is 10.2 Å². The first kappa shape index (κ1) is 27.7. The van der Waals surface area contributed by atoms with Crippen molar-refractivity contribution in [3.8, 4) is 0 Å². The molecule has 0 fully saturated rings. The summed E-state index contributed by atoms with van der Waals surface area (Å²) in [4.78, 5) is 28.2. The summed E-state index contributed by atoms with van der Waals surface area (Å²) in [6, 6.07) is 13.2. The third kappa shape index (κ3) is 7.46. The average Bonchev–Trinajstić information content (AvgIpc) is 2.78. The normalized spacial score (nSPS) is 13.1. The Morgan fingerprint density at radius 3 is 2.18 bits per heavy atom. The molecule has 1 N–H and O–H groups in total. The van der Waals surface area contributed by atoms with Gasteiger partial charge in [-0.1, -0.05) is 55.8 Å². The summed E-state index contributed by atoms with van der Waals surface area (Å²) in [5.74, 6) is -0.726. The average molecular weight is 508 g/mol. The zero-order valence-electron chi connectivity index (χ0n) is 20.4. The minimum atomic E-state index is -3.76. The summed E-state index contributed by atoms with van der Waals surface area (Å²) in [5.41, 5.74) is 1.95. The van der Waals surface area contributed by atoms with Crippen molar-refractivity contribution < 1.29 is 18.0 Å². The van der Waals surface area contributed by atoms with E-state index in [0.29, 0.717) is 17.1 Å². The molecule has 2 unspecified atom stereocenters. The van der Waals surface area contributed by atoms with Crippen LogP contribution in [-0.2, 0) is 26.2 Å². The summed E-state index contributed by atoms with van der Waals surface area (Å²) >= 11 is 6.01. The quantitative estimate of drug-likeness (QED) is 0.495. The number of aryl methyl sites for hydroxylation is 1. The van der Waals surface area contributed by atoms with Crippen LogP contribution in [0.3, 0.4) is 0 Å². The van der Waals surface area contributed by atoms with Gasteiger partial charge in [0.15, 0.2) is 0 Å². The topological polar surface area (TPSA) is 86.8 Å². The second kappa shape index (κ2) is 12.2. The van der Waals surface area contributed by atoms with Crippen LogP contribution in [-0.4, -0.2) is 50.0 Å². The number of nitrogens with zero attached hydrogens (tertiary/aromatic N) is 2. The predicted molar refractivity (Wildman–Crippen MR) is 137 cm³/mol. The molecule has 2 rings (SSSR count). The van der Waals surface area contributed by atoms with Crippen molar-refractivity contribution in [1.82, 2.24) is 10.2 Å². The molecular formula is C25H34ClN3O4S. The van der Waals surface area contributed by atoms with Crippen LogP contribution in [0.1, 0.15) is 44.7 Å². The Bertz CT molecular complexity index is 1090. The number of benzene rings is 2. The second-order valence-electron chi connectivity index (χ2n) is 8.45. The lowest BCUT2D eigenvalue weighted by atomic mass is 10.1. The van der Waals surface area contributed by atoms with E-state index in [1.807, 2.05) is 20.8 Å². The molecule has 2 amide bonds. The third-order valence-electron chi connectivity index (χ3n) is 5.72. The number of hydrogen-bond acceptors (Lipinski definition) is 4. The van der Waals surface area contributed by atoms with Gasteiger partial charge >= 0.3 is 0 Å². The molecule has 0 aliphatic rings. The Morgan fingerprint density at radius 2 is 1.65 bits per heavy atom. The molecule has 0 saturated carbocycles. The zero-order valence-corrected chi connectivity index (χ0v) is 22.0. The summed E-state index contributed by atoms with van der Waals surface area (Å²) in [5, 5.41) is 3.51. The van der Waals surface area contributed by atoms with Crippen LogP contribution in [0.2, 0.25) is 5.02 Å². The van der Waals surface area contributed by atoms with Gasteiger partial charge in [0.1, 0.15) is 12.6 Å². The number of carbonyl (C=O) groups excluding carboxylic acids is 2. The van der Waals surface area contributed by atoms with E-state index in [-0.39, 0.29) is 18.5 Å². The lowest BCUT2D eigenvalue weighted by Crippen LogP contribution is -2.53. The van der Waals surface area contributed by atoms with Gasteiger partial charge in [-0.05, 0) is 56.0 Å². The second-order valence-corrected chi connectivity index (χ2v) is 10.8. The number of rotatable bonds is 11. The first-order chi connectivity index (χ1) is 16.0. The maximum atomic E-state index is 13.6. The number of anilines is 1. The van der Waals surface area contributed by atoms with Crippen molar-refractivity contribution in [1.29, 1.82) is 0 Å². The first-order valence-corrected chi connectivity index (χ1v) is 13.6. The van der Waals surface area contributed by atoms with Crippen LogP contribution in [0.25, 0.3) is 0 Å². The summed E-state index contributed by atoms with van der Waals surface area (Å²) in [7, 11) is -3.76. The van der Waals surface area contributed by atoms with Gasteiger partial charge in [0.25, 0.3) is 0 Å². The van der Waals surface area contributed by atoms with E-state index in [1.54, 1.807) is 55.5 Å². The van der Waals surface area contributed by atoms with Crippen molar-refractivity contribution in [2.75, 3.05) is 17.1 Å². The van der Waals surface area contributed by atoms with Crippen LogP contribution in [0.5, 0.6) is 0 Å². The molecule has 186 valence electrons. The van der Waals surface area contributed by atoms with E-state index in [1.165, 1.54) is 4.90 Å². The van der Waals surface area contributed by atoms with Gasteiger partial charge in [-0.25, -0.2) is 8.42 Å². The fourth-order valence-corrected chi connectivity index (χ4v) is 4.62. The molecule has 0 aromatic heterocycles. The summed E-state index contributed by atoms with van der Waals surface area (Å²) in [6.07, 6.45) is 2.20. The smallest absolute Gasteiger partial charge is 0.244 e. The largest absolute Gasteiger partial charge is 0.352 e. The Balaban J connectivity index is 2.44. The molecule has 9 heteroatoms. The molecule has 0 heterocycles. The number of nitrogens with one attached hydrogen (secondary N) is 1. The van der Waals surface area contributed by atoms with Gasteiger partial charge in [0.05, 0.1) is 11.9 Å². The first-order valence-electron chi connectivity index (χ1n) is 11.4. The van der Waals surface area contributed by atoms with E-state index in [2.05, 4.69) is 5.32 Å². The number of sulfonamides is 1. The minimum Gasteiger partial charge on any atom is -0.352 e. The molecule has 0 aliphatic carbocycles. The molecule has 0 saturated heterocycles. The Labute approximate surface area is 208 Å². The lowest BCUT2D eigenvalue weighted by molar-refractivity contribution is -0.140. The van der Waals surface area contributed by atoms with Crippen molar-refractivity contribution >= 4 is 39.1 Å². The Morgan fingerprint density at radius 1 is 1.03 bits per heavy atom. The predicted octanol–water partition coefficient (Wildman–Crippen LogP) is 4.14. The fourth-order valence-electron chi connectivity index (χ4n) is 3.59. The van der Waals surface area contributed by atoms with Crippen LogP contribution in [0.15, 0.2) is 48.5 Å². The lowest BCUT2D eigenvalue weighted by Gasteiger charge is -2.33. The minimum absolute atomic E-state index is 0.0477. The van der Waals surface area contributed by atoms with Crippen LogP contribution in [0, 0.1) is 6.92 Å². The van der Waals surface area contributed by atoms with Crippen molar-refractivity contribution in [3.63, 3.8) is 0 Å². The highest BCUT2D eigenvalue weighted by Gasteiger charge is 2.32. The maximum absolute atomic E-state index is 13.6. The van der Waals surface area contributed by atoms with Crippen LogP contribution in [0.4, 0.5) is 5.69 Å². The third-order valence-corrected chi connectivity index (χ3v) is 7.09. The van der Waals surface area contributed by atoms with Crippen molar-refractivity contribution in [2.45, 2.75) is 59.2 Å². The summed E-state index contributed by atoms with van der Waals surface area (Å²) < 4.78 is 26.4. The van der Waals surface area contributed by atoms with Crippen molar-refractivity contribution in [2.24, 2.45) is 0 Å². The number of amides is 2. The number of hydrogen-bond donors (Lipinski definition) is 1. The van der Waals surface area contributed by atoms with Gasteiger partial charge in [0.2, 0.25) is 21.8 Å². The van der Waals surface area contributed by atoms with Crippen LogP contribution < -0.4 is 9.62 Å². The monoisotopic (exact) mass is 507 g/mol. The molecule has 2 aromatic carbocycles. The van der Waals surface area contributed by atoms with Gasteiger partial charge in [-0.15, -0.1) is 0 Å². The van der Waals surface area contributed by atoms with E-state index >= 15 is 0 Å². The van der Waals surface area contributed by atoms with E-state index in [0.717, 1.165) is 28.1 Å². The zero-order chi connectivity index (χ0) is 25.5. The highest BCUT2D eigenvalue weighted by atomic mass is 35.5. The van der Waals surface area contributed by atoms with Crippen molar-refractivity contribution in [3.05, 3.63) is 64.7 Å². The molecular weight excluding hydrogens is 474 g/mol. The molecule has 0 radical (unpaired) electrons. The molecule has 2 atom stereocenters. The Hall–Kier alpha value is -2.58. The molecule has 34 heavy (non-hydrogen) atoms. The van der Waals surface area contributed by atoms with E-state index in [9.17, 15) is 18.0 Å². The number of carbonyl (C=O) groups is 2. The van der Waals surface area contributed by atoms with Crippen LogP contribution >= 0.6 is 11.6 Å². The number of para-hydroxylation sites is 1. The molecule has 0 spiro atoms. The molecule has 0 aliphatic heterocycles.